The Hall–Kier alpha value is -4.52. The van der Waals surface area contributed by atoms with Gasteiger partial charge in [0.25, 0.3) is 0 Å². The number of fused-ring (bicyclic) bond motifs is 1. The van der Waals surface area contributed by atoms with Crippen molar-refractivity contribution in [2.24, 2.45) is 0 Å². The summed E-state index contributed by atoms with van der Waals surface area (Å²) in [6.07, 6.45) is 2.24. The number of halogens is 2. The van der Waals surface area contributed by atoms with Crippen LogP contribution in [0.3, 0.4) is 0 Å². The highest BCUT2D eigenvalue weighted by molar-refractivity contribution is 6.19. The summed E-state index contributed by atoms with van der Waals surface area (Å²) in [5.41, 5.74) is -1.07. The fraction of sp³-hybridized carbons (Fsp3) is 0.259. The first-order valence-electron chi connectivity index (χ1n) is 11.6. The molecular formula is C27H25F2N5O3. The lowest BCUT2D eigenvalue weighted by molar-refractivity contribution is -0.151. The van der Waals surface area contributed by atoms with E-state index in [2.05, 4.69) is 17.2 Å². The maximum atomic E-state index is 15.1. The standard InChI is InChI=1S/C27H25F2N5O3/c1-27-14-23(35)34(26(37)33(27)11-10-32(25(27)36)17-20(15-30)16-31-2)24-21(28)12-19(13-22(24)29)9-8-18-6-4-3-5-7-18/h3-7,12-13,15-16,30-31H,10-11,14,17H2,1-2H3/b20-16+,30-15?. The van der Waals surface area contributed by atoms with Crippen LogP contribution >= 0.6 is 0 Å². The molecule has 190 valence electrons. The molecule has 0 bridgehead atoms. The predicted molar refractivity (Wildman–Crippen MR) is 134 cm³/mol. The molecule has 0 aliphatic carbocycles. The van der Waals surface area contributed by atoms with E-state index in [4.69, 9.17) is 5.41 Å². The average molecular weight is 506 g/mol. The van der Waals surface area contributed by atoms with Crippen molar-refractivity contribution in [2.75, 3.05) is 31.6 Å². The van der Waals surface area contributed by atoms with Crippen LogP contribution in [0, 0.1) is 28.9 Å². The van der Waals surface area contributed by atoms with Gasteiger partial charge in [-0.25, -0.2) is 18.5 Å². The van der Waals surface area contributed by atoms with Crippen molar-refractivity contribution in [1.82, 2.24) is 15.1 Å². The predicted octanol–water partition coefficient (Wildman–Crippen LogP) is 2.88. The van der Waals surface area contributed by atoms with Gasteiger partial charge in [-0.3, -0.25) is 9.59 Å². The van der Waals surface area contributed by atoms with E-state index >= 15 is 8.78 Å². The number of imide groups is 1. The molecule has 2 aliphatic rings. The van der Waals surface area contributed by atoms with Crippen LogP contribution in [-0.2, 0) is 9.59 Å². The van der Waals surface area contributed by atoms with Gasteiger partial charge in [0, 0.05) is 55.8 Å². The first-order chi connectivity index (χ1) is 17.7. The maximum Gasteiger partial charge on any atom is 0.332 e. The second kappa shape index (κ2) is 10.2. The second-order valence-corrected chi connectivity index (χ2v) is 8.90. The smallest absolute Gasteiger partial charge is 0.332 e. The summed E-state index contributed by atoms with van der Waals surface area (Å²) in [6, 6.07) is 9.86. The molecule has 2 saturated heterocycles. The summed E-state index contributed by atoms with van der Waals surface area (Å²) in [6.45, 7) is 1.78. The van der Waals surface area contributed by atoms with Gasteiger partial charge in [-0.1, -0.05) is 30.0 Å². The van der Waals surface area contributed by atoms with Gasteiger partial charge in [0.15, 0.2) is 11.6 Å². The van der Waals surface area contributed by atoms with Crippen LogP contribution in [0.25, 0.3) is 0 Å². The van der Waals surface area contributed by atoms with Crippen molar-refractivity contribution >= 4 is 29.7 Å². The average Bonchev–Trinajstić information content (AvgIpc) is 2.87. The molecule has 2 N–H and O–H groups in total. The minimum absolute atomic E-state index is 0.0461. The number of nitrogens with zero attached hydrogens (tertiary/aromatic N) is 3. The first kappa shape index (κ1) is 25.6. The van der Waals surface area contributed by atoms with Crippen molar-refractivity contribution in [3.8, 4) is 11.8 Å². The molecule has 2 aromatic rings. The van der Waals surface area contributed by atoms with E-state index in [-0.39, 0.29) is 25.2 Å². The Balaban J connectivity index is 1.61. The normalized spacial score (nSPS) is 19.8. The summed E-state index contributed by atoms with van der Waals surface area (Å²) in [5, 5.41) is 10.3. The van der Waals surface area contributed by atoms with Gasteiger partial charge >= 0.3 is 6.03 Å². The lowest BCUT2D eigenvalue weighted by Crippen LogP contribution is -2.72. The van der Waals surface area contributed by atoms with Crippen LogP contribution in [0.4, 0.5) is 19.3 Å². The van der Waals surface area contributed by atoms with Gasteiger partial charge in [-0.2, -0.15) is 0 Å². The minimum Gasteiger partial charge on any atom is -0.394 e. The Bertz CT molecular complexity index is 1340. The van der Waals surface area contributed by atoms with Crippen LogP contribution < -0.4 is 10.2 Å². The van der Waals surface area contributed by atoms with E-state index in [1.807, 2.05) is 6.07 Å². The molecule has 0 spiro atoms. The van der Waals surface area contributed by atoms with Crippen molar-refractivity contribution < 1.29 is 23.2 Å². The molecule has 0 saturated carbocycles. The molecule has 0 aromatic heterocycles. The van der Waals surface area contributed by atoms with Crippen LogP contribution in [0.2, 0.25) is 0 Å². The summed E-state index contributed by atoms with van der Waals surface area (Å²) >= 11 is 0. The number of benzene rings is 2. The second-order valence-electron chi connectivity index (χ2n) is 8.90. The SMILES string of the molecule is CN/C=C(\C=N)CN1CCN2C(=O)N(c3c(F)cc(C#Cc4ccccc4)cc3F)C(=O)CC2(C)C1=O. The molecule has 2 aliphatic heterocycles. The minimum atomic E-state index is -1.51. The fourth-order valence-electron chi connectivity index (χ4n) is 4.53. The summed E-state index contributed by atoms with van der Waals surface area (Å²) < 4.78 is 30.2. The Morgan fingerprint density at radius 2 is 1.73 bits per heavy atom. The number of hydrogen-bond acceptors (Lipinski definition) is 5. The summed E-state index contributed by atoms with van der Waals surface area (Å²) in [4.78, 5) is 42.9. The number of urea groups is 1. The van der Waals surface area contributed by atoms with Gasteiger partial charge in [0.1, 0.15) is 11.2 Å². The Morgan fingerprint density at radius 3 is 2.35 bits per heavy atom. The van der Waals surface area contributed by atoms with E-state index in [1.54, 1.807) is 37.5 Å². The number of rotatable bonds is 5. The van der Waals surface area contributed by atoms with Crippen LogP contribution in [0.1, 0.15) is 24.5 Å². The van der Waals surface area contributed by atoms with E-state index in [0.717, 1.165) is 18.3 Å². The zero-order valence-electron chi connectivity index (χ0n) is 20.3. The Morgan fingerprint density at radius 1 is 1.08 bits per heavy atom. The van der Waals surface area contributed by atoms with Crippen molar-refractivity contribution in [3.63, 3.8) is 0 Å². The first-order valence-corrected chi connectivity index (χ1v) is 11.6. The highest BCUT2D eigenvalue weighted by Gasteiger charge is 2.55. The largest absolute Gasteiger partial charge is 0.394 e. The topological polar surface area (TPSA) is 96.8 Å². The summed E-state index contributed by atoms with van der Waals surface area (Å²) in [7, 11) is 1.66. The van der Waals surface area contributed by atoms with Crippen LogP contribution in [0.15, 0.2) is 54.2 Å². The molecular weight excluding hydrogens is 480 g/mol. The Kier molecular flexibility index (Phi) is 7.07. The molecule has 37 heavy (non-hydrogen) atoms. The fourth-order valence-corrected chi connectivity index (χ4v) is 4.53. The highest BCUT2D eigenvalue weighted by atomic mass is 19.1. The lowest BCUT2D eigenvalue weighted by atomic mass is 9.88. The number of anilines is 1. The zero-order chi connectivity index (χ0) is 26.7. The van der Waals surface area contributed by atoms with Crippen LogP contribution in [0.5, 0.6) is 0 Å². The van der Waals surface area contributed by atoms with E-state index in [1.165, 1.54) is 16.7 Å². The number of amides is 4. The van der Waals surface area contributed by atoms with E-state index in [0.29, 0.717) is 16.0 Å². The molecule has 2 fully saturated rings. The molecule has 4 amide bonds. The zero-order valence-corrected chi connectivity index (χ0v) is 20.3. The number of carbonyl (C=O) groups excluding carboxylic acids is 3. The quantitative estimate of drug-likeness (QED) is 0.483. The monoisotopic (exact) mass is 505 g/mol. The molecule has 4 rings (SSSR count). The summed E-state index contributed by atoms with van der Waals surface area (Å²) in [5.74, 6) is 1.90. The van der Waals surface area contributed by atoms with Gasteiger partial charge in [0.05, 0.1) is 6.42 Å². The number of carbonyl (C=O) groups is 3. The third-order valence-electron chi connectivity index (χ3n) is 6.36. The Labute approximate surface area is 213 Å². The van der Waals surface area contributed by atoms with Gasteiger partial charge < -0.3 is 20.5 Å². The molecule has 10 heteroatoms. The molecule has 1 atom stereocenters. The third-order valence-corrected chi connectivity index (χ3v) is 6.36. The number of hydrogen-bond donors (Lipinski definition) is 2. The molecule has 8 nitrogen and oxygen atoms in total. The highest BCUT2D eigenvalue weighted by Crippen LogP contribution is 2.37. The van der Waals surface area contributed by atoms with Crippen LogP contribution in [-0.4, -0.2) is 66.1 Å². The maximum absolute atomic E-state index is 15.1. The number of nitrogens with one attached hydrogen (secondary N) is 2. The van der Waals surface area contributed by atoms with Gasteiger partial charge in [-0.05, 0) is 31.2 Å². The molecule has 0 radical (unpaired) electrons. The van der Waals surface area contributed by atoms with Crippen molar-refractivity contribution in [3.05, 3.63) is 77.0 Å². The molecule has 2 aromatic carbocycles. The molecule has 2 heterocycles. The van der Waals surface area contributed by atoms with E-state index in [9.17, 15) is 14.4 Å². The van der Waals surface area contributed by atoms with E-state index < -0.39 is 47.1 Å². The van der Waals surface area contributed by atoms with Crippen molar-refractivity contribution in [1.29, 1.82) is 5.41 Å². The van der Waals surface area contributed by atoms with Crippen molar-refractivity contribution in [2.45, 2.75) is 18.9 Å². The molecule has 1 unspecified atom stereocenters. The number of piperazine rings is 1. The third kappa shape index (κ3) is 4.80. The van der Waals surface area contributed by atoms with Gasteiger partial charge in [-0.15, -0.1) is 0 Å². The van der Waals surface area contributed by atoms with Gasteiger partial charge in [0.2, 0.25) is 11.8 Å². The lowest BCUT2D eigenvalue weighted by Gasteiger charge is -2.51.